The minimum atomic E-state index is -0.234. The number of hydrogen-bond acceptors (Lipinski definition) is 3. The monoisotopic (exact) mass is 194 g/mol. The highest BCUT2D eigenvalue weighted by Crippen LogP contribution is 2.06. The molecular weight excluding hydrogens is 176 g/mol. The average molecular weight is 194 g/mol. The lowest BCUT2D eigenvalue weighted by molar-refractivity contribution is 0.187. The van der Waals surface area contributed by atoms with Crippen LogP contribution in [-0.4, -0.2) is 22.2 Å². The Morgan fingerprint density at radius 2 is 2.21 bits per heavy atom. The number of nitrogens with zero attached hydrogens (tertiary/aromatic N) is 1. The van der Waals surface area contributed by atoms with E-state index in [4.69, 9.17) is 5.11 Å². The van der Waals surface area contributed by atoms with Crippen LogP contribution in [0.25, 0.3) is 0 Å². The van der Waals surface area contributed by atoms with Crippen molar-refractivity contribution in [1.29, 1.82) is 0 Å². The van der Waals surface area contributed by atoms with Crippen molar-refractivity contribution in [3.63, 3.8) is 0 Å². The molecule has 2 N–H and O–H groups in total. The van der Waals surface area contributed by atoms with Crippen molar-refractivity contribution in [3.8, 4) is 0 Å². The van der Waals surface area contributed by atoms with E-state index in [0.717, 1.165) is 12.2 Å². The number of pyridine rings is 1. The molecule has 0 fully saturated rings. The van der Waals surface area contributed by atoms with Crippen molar-refractivity contribution < 1.29 is 5.11 Å². The van der Waals surface area contributed by atoms with Crippen LogP contribution in [0.4, 0.5) is 0 Å². The first-order valence-corrected chi connectivity index (χ1v) is 4.81. The molecule has 0 saturated carbocycles. The van der Waals surface area contributed by atoms with E-state index in [-0.39, 0.29) is 12.1 Å². The van der Waals surface area contributed by atoms with E-state index in [0.29, 0.717) is 0 Å². The highest BCUT2D eigenvalue weighted by Gasteiger charge is 2.15. The summed E-state index contributed by atoms with van der Waals surface area (Å²) in [7, 11) is 0. The van der Waals surface area contributed by atoms with Crippen LogP contribution in [0.3, 0.4) is 0 Å². The van der Waals surface area contributed by atoms with E-state index in [1.807, 2.05) is 32.9 Å². The van der Waals surface area contributed by atoms with Gasteiger partial charge in [0, 0.05) is 24.0 Å². The largest absolute Gasteiger partial charge is 0.394 e. The van der Waals surface area contributed by atoms with Crippen LogP contribution in [0.15, 0.2) is 18.3 Å². The number of rotatable bonds is 4. The summed E-state index contributed by atoms with van der Waals surface area (Å²) in [5.74, 6) is 0. The molecule has 1 heterocycles. The Morgan fingerprint density at radius 1 is 1.50 bits per heavy atom. The molecule has 0 aliphatic carbocycles. The Balaban J connectivity index is 2.58. The maximum Gasteiger partial charge on any atom is 0.0607 e. The Bertz CT molecular complexity index is 297. The molecule has 1 aromatic heterocycles. The van der Waals surface area contributed by atoms with E-state index in [2.05, 4.69) is 10.3 Å². The van der Waals surface area contributed by atoms with Crippen LogP contribution in [0.5, 0.6) is 0 Å². The van der Waals surface area contributed by atoms with Crippen molar-refractivity contribution in [2.75, 3.05) is 6.61 Å². The van der Waals surface area contributed by atoms with Gasteiger partial charge in [0.2, 0.25) is 0 Å². The van der Waals surface area contributed by atoms with Crippen molar-refractivity contribution in [3.05, 3.63) is 29.6 Å². The van der Waals surface area contributed by atoms with Crippen molar-refractivity contribution in [2.24, 2.45) is 0 Å². The standard InChI is InChI=1S/C11H18N2O/c1-9-10(5-4-6-12-9)7-13-11(2,3)8-14/h4-6,13-14H,7-8H2,1-3H3. The smallest absolute Gasteiger partial charge is 0.0607 e. The van der Waals surface area contributed by atoms with Gasteiger partial charge in [0.1, 0.15) is 0 Å². The molecule has 0 spiro atoms. The molecule has 0 saturated heterocycles. The van der Waals surface area contributed by atoms with E-state index in [1.54, 1.807) is 6.20 Å². The summed E-state index contributed by atoms with van der Waals surface area (Å²) in [6, 6.07) is 3.97. The first kappa shape index (κ1) is 11.1. The highest BCUT2D eigenvalue weighted by atomic mass is 16.3. The van der Waals surface area contributed by atoms with Gasteiger partial charge in [0.15, 0.2) is 0 Å². The normalized spacial score (nSPS) is 11.7. The van der Waals surface area contributed by atoms with Crippen LogP contribution in [-0.2, 0) is 6.54 Å². The van der Waals surface area contributed by atoms with Gasteiger partial charge >= 0.3 is 0 Å². The van der Waals surface area contributed by atoms with Gasteiger partial charge in [-0.15, -0.1) is 0 Å². The summed E-state index contributed by atoms with van der Waals surface area (Å²) in [6.45, 7) is 6.81. The van der Waals surface area contributed by atoms with Gasteiger partial charge in [-0.1, -0.05) is 6.07 Å². The summed E-state index contributed by atoms with van der Waals surface area (Å²) < 4.78 is 0. The first-order valence-electron chi connectivity index (χ1n) is 4.81. The fraction of sp³-hybridized carbons (Fsp3) is 0.545. The maximum atomic E-state index is 9.06. The SMILES string of the molecule is Cc1ncccc1CNC(C)(C)CO. The van der Waals surface area contributed by atoms with E-state index >= 15 is 0 Å². The topological polar surface area (TPSA) is 45.2 Å². The summed E-state index contributed by atoms with van der Waals surface area (Å²) in [6.07, 6.45) is 1.79. The number of aryl methyl sites for hydroxylation is 1. The fourth-order valence-corrected chi connectivity index (χ4v) is 1.09. The molecule has 1 aromatic rings. The summed E-state index contributed by atoms with van der Waals surface area (Å²) in [5.41, 5.74) is 1.98. The third-order valence-corrected chi connectivity index (χ3v) is 2.27. The van der Waals surface area contributed by atoms with Gasteiger partial charge in [-0.25, -0.2) is 0 Å². The number of aliphatic hydroxyl groups excluding tert-OH is 1. The van der Waals surface area contributed by atoms with Crippen LogP contribution in [0.1, 0.15) is 25.1 Å². The maximum absolute atomic E-state index is 9.06. The molecule has 0 aliphatic rings. The lowest BCUT2D eigenvalue weighted by atomic mass is 10.1. The molecule has 3 nitrogen and oxygen atoms in total. The zero-order chi connectivity index (χ0) is 10.6. The van der Waals surface area contributed by atoms with E-state index < -0.39 is 0 Å². The molecule has 0 aliphatic heterocycles. The summed E-state index contributed by atoms with van der Waals surface area (Å²) in [5, 5.41) is 12.3. The fourth-order valence-electron chi connectivity index (χ4n) is 1.09. The van der Waals surface area contributed by atoms with Gasteiger partial charge in [0.25, 0.3) is 0 Å². The number of aliphatic hydroxyl groups is 1. The summed E-state index contributed by atoms with van der Waals surface area (Å²) >= 11 is 0. The predicted molar refractivity (Wildman–Crippen MR) is 57.0 cm³/mol. The molecule has 0 radical (unpaired) electrons. The molecular formula is C11H18N2O. The zero-order valence-corrected chi connectivity index (χ0v) is 9.04. The zero-order valence-electron chi connectivity index (χ0n) is 9.04. The van der Waals surface area contributed by atoms with Crippen molar-refractivity contribution in [1.82, 2.24) is 10.3 Å². The second-order valence-electron chi connectivity index (χ2n) is 4.14. The molecule has 0 amide bonds. The Morgan fingerprint density at radius 3 is 2.79 bits per heavy atom. The predicted octanol–water partition coefficient (Wildman–Crippen LogP) is 1.25. The van der Waals surface area contributed by atoms with Crippen molar-refractivity contribution in [2.45, 2.75) is 32.9 Å². The quantitative estimate of drug-likeness (QED) is 0.758. The molecule has 0 unspecified atom stereocenters. The molecule has 1 rings (SSSR count). The van der Waals surface area contributed by atoms with E-state index in [1.165, 1.54) is 5.56 Å². The van der Waals surface area contributed by atoms with Gasteiger partial charge < -0.3 is 10.4 Å². The van der Waals surface area contributed by atoms with Gasteiger partial charge in [0.05, 0.1) is 6.61 Å². The number of nitrogens with one attached hydrogen (secondary N) is 1. The minimum Gasteiger partial charge on any atom is -0.394 e. The lowest BCUT2D eigenvalue weighted by Crippen LogP contribution is -2.42. The first-order chi connectivity index (χ1) is 6.55. The number of hydrogen-bond donors (Lipinski definition) is 2. The molecule has 0 atom stereocenters. The molecule has 14 heavy (non-hydrogen) atoms. The third-order valence-electron chi connectivity index (χ3n) is 2.27. The van der Waals surface area contributed by atoms with Gasteiger partial charge in [-0.2, -0.15) is 0 Å². The third kappa shape index (κ3) is 3.09. The van der Waals surface area contributed by atoms with Gasteiger partial charge in [-0.3, -0.25) is 4.98 Å². The molecule has 3 heteroatoms. The Hall–Kier alpha value is -0.930. The minimum absolute atomic E-state index is 0.131. The van der Waals surface area contributed by atoms with Gasteiger partial charge in [-0.05, 0) is 32.4 Å². The van der Waals surface area contributed by atoms with Crippen LogP contribution >= 0.6 is 0 Å². The van der Waals surface area contributed by atoms with Crippen LogP contribution < -0.4 is 5.32 Å². The van der Waals surface area contributed by atoms with Crippen LogP contribution in [0, 0.1) is 6.92 Å². The Labute approximate surface area is 85.2 Å². The van der Waals surface area contributed by atoms with Crippen LogP contribution in [0.2, 0.25) is 0 Å². The second-order valence-corrected chi connectivity index (χ2v) is 4.14. The molecule has 0 aromatic carbocycles. The second kappa shape index (κ2) is 4.53. The number of aromatic nitrogens is 1. The van der Waals surface area contributed by atoms with E-state index in [9.17, 15) is 0 Å². The molecule has 78 valence electrons. The summed E-state index contributed by atoms with van der Waals surface area (Å²) in [4.78, 5) is 4.20. The molecule has 0 bridgehead atoms. The average Bonchev–Trinajstić information content (AvgIpc) is 2.17. The Kier molecular flexibility index (Phi) is 3.61. The lowest BCUT2D eigenvalue weighted by Gasteiger charge is -2.23. The van der Waals surface area contributed by atoms with Crippen molar-refractivity contribution >= 4 is 0 Å². The highest BCUT2D eigenvalue weighted by molar-refractivity contribution is 5.18.